The predicted molar refractivity (Wildman–Crippen MR) is 76.6 cm³/mol. The predicted octanol–water partition coefficient (Wildman–Crippen LogP) is 1.92. The van der Waals surface area contributed by atoms with E-state index in [9.17, 15) is 18.0 Å². The number of carbonyl (C=O) groups excluding carboxylic acids is 1. The first-order chi connectivity index (χ1) is 10.8. The van der Waals surface area contributed by atoms with Gasteiger partial charge < -0.3 is 5.32 Å². The average Bonchev–Trinajstić information content (AvgIpc) is 3.02. The normalized spacial score (nSPS) is 11.7. The summed E-state index contributed by atoms with van der Waals surface area (Å²) in [4.78, 5) is 11.8. The number of hydrogen-bond acceptors (Lipinski definition) is 3. The Morgan fingerprint density at radius 3 is 2.57 bits per heavy atom. The lowest BCUT2D eigenvalue weighted by Gasteiger charge is -2.08. The zero-order valence-electron chi connectivity index (χ0n) is 12.9. The maximum Gasteiger partial charge on any atom is 0.435 e. The molecular weight excluding hydrogens is 311 g/mol. The molecule has 0 aliphatic carbocycles. The molecule has 6 nitrogen and oxygen atoms in total. The fourth-order valence-electron chi connectivity index (χ4n) is 2.09. The van der Waals surface area contributed by atoms with E-state index in [1.807, 2.05) is 17.7 Å². The molecule has 23 heavy (non-hydrogen) atoms. The Morgan fingerprint density at radius 2 is 2.00 bits per heavy atom. The van der Waals surface area contributed by atoms with Gasteiger partial charge in [0.1, 0.15) is 6.54 Å². The number of aromatic nitrogens is 4. The van der Waals surface area contributed by atoms with Crippen molar-refractivity contribution in [3.63, 3.8) is 0 Å². The summed E-state index contributed by atoms with van der Waals surface area (Å²) in [6.45, 7) is 4.27. The van der Waals surface area contributed by atoms with Crippen molar-refractivity contribution in [2.45, 2.75) is 39.5 Å². The molecule has 1 N–H and O–H groups in total. The minimum Gasteiger partial charge on any atom is -0.354 e. The van der Waals surface area contributed by atoms with Gasteiger partial charge in [-0.25, -0.2) is 0 Å². The average molecular weight is 329 g/mol. The van der Waals surface area contributed by atoms with E-state index in [2.05, 4.69) is 15.5 Å². The fraction of sp³-hybridized carbons (Fsp3) is 0.500. The third-order valence-corrected chi connectivity index (χ3v) is 3.36. The van der Waals surface area contributed by atoms with E-state index in [4.69, 9.17) is 0 Å². The molecule has 0 atom stereocenters. The second-order valence-electron chi connectivity index (χ2n) is 5.23. The Kier molecular flexibility index (Phi) is 5.07. The van der Waals surface area contributed by atoms with Crippen LogP contribution in [0.5, 0.6) is 0 Å². The molecule has 0 fully saturated rings. The molecule has 2 aromatic heterocycles. The van der Waals surface area contributed by atoms with Crippen molar-refractivity contribution >= 4 is 5.91 Å². The lowest BCUT2D eigenvalue weighted by atomic mass is 10.3. The molecule has 0 saturated carbocycles. The Labute approximate surface area is 131 Å². The Morgan fingerprint density at radius 1 is 1.26 bits per heavy atom. The summed E-state index contributed by atoms with van der Waals surface area (Å²) < 4.78 is 40.5. The van der Waals surface area contributed by atoms with Gasteiger partial charge in [0.2, 0.25) is 5.91 Å². The van der Waals surface area contributed by atoms with Crippen LogP contribution in [-0.4, -0.2) is 32.0 Å². The van der Waals surface area contributed by atoms with E-state index >= 15 is 0 Å². The Balaban J connectivity index is 1.79. The molecule has 9 heteroatoms. The van der Waals surface area contributed by atoms with Crippen LogP contribution in [0, 0.1) is 13.8 Å². The van der Waals surface area contributed by atoms with Gasteiger partial charge in [-0.15, -0.1) is 0 Å². The van der Waals surface area contributed by atoms with Crippen LogP contribution in [0.1, 0.15) is 23.5 Å². The summed E-state index contributed by atoms with van der Waals surface area (Å²) in [7, 11) is 0. The molecule has 0 aliphatic rings. The third-order valence-electron chi connectivity index (χ3n) is 3.36. The maximum absolute atomic E-state index is 12.5. The maximum atomic E-state index is 12.5. The molecule has 1 amide bonds. The molecule has 2 heterocycles. The van der Waals surface area contributed by atoms with Crippen LogP contribution in [0.2, 0.25) is 0 Å². The van der Waals surface area contributed by atoms with Gasteiger partial charge in [0, 0.05) is 30.7 Å². The number of carbonyl (C=O) groups is 1. The van der Waals surface area contributed by atoms with Gasteiger partial charge in [-0.3, -0.25) is 14.2 Å². The molecule has 0 aliphatic heterocycles. The summed E-state index contributed by atoms with van der Waals surface area (Å²) in [6.07, 6.45) is -2.12. The summed E-state index contributed by atoms with van der Waals surface area (Å²) >= 11 is 0. The number of aryl methyl sites for hydroxylation is 3. The largest absolute Gasteiger partial charge is 0.435 e. The van der Waals surface area contributed by atoms with Crippen molar-refractivity contribution in [1.82, 2.24) is 24.9 Å². The third kappa shape index (κ3) is 4.57. The SMILES string of the molecule is Cc1ccnn1CCCNC(=O)Cn1nc(C(F)(F)F)cc1C. The van der Waals surface area contributed by atoms with Gasteiger partial charge in [0.05, 0.1) is 0 Å². The first-order valence-corrected chi connectivity index (χ1v) is 7.14. The Bertz CT molecular complexity index is 674. The molecule has 2 rings (SSSR count). The van der Waals surface area contributed by atoms with E-state index in [1.54, 1.807) is 6.20 Å². The standard InChI is InChI=1S/C14H18F3N5O/c1-10-4-6-19-21(10)7-3-5-18-13(23)9-22-11(2)8-12(20-22)14(15,16)17/h4,6,8H,3,5,7,9H2,1-2H3,(H,18,23). The lowest BCUT2D eigenvalue weighted by Crippen LogP contribution is -2.30. The van der Waals surface area contributed by atoms with Gasteiger partial charge in [0.15, 0.2) is 5.69 Å². The smallest absolute Gasteiger partial charge is 0.354 e. The monoisotopic (exact) mass is 329 g/mol. The van der Waals surface area contributed by atoms with E-state index in [1.165, 1.54) is 6.92 Å². The van der Waals surface area contributed by atoms with Gasteiger partial charge >= 0.3 is 6.18 Å². The van der Waals surface area contributed by atoms with Crippen molar-refractivity contribution in [1.29, 1.82) is 0 Å². The van der Waals surface area contributed by atoms with Crippen LogP contribution in [0.25, 0.3) is 0 Å². The second kappa shape index (κ2) is 6.84. The molecule has 0 radical (unpaired) electrons. The summed E-state index contributed by atoms with van der Waals surface area (Å²) in [5.74, 6) is -0.373. The first-order valence-electron chi connectivity index (χ1n) is 7.14. The van der Waals surface area contributed by atoms with Crippen molar-refractivity contribution in [2.75, 3.05) is 6.54 Å². The number of nitrogens with zero attached hydrogens (tertiary/aromatic N) is 4. The quantitative estimate of drug-likeness (QED) is 0.824. The van der Waals surface area contributed by atoms with Gasteiger partial charge in [0.25, 0.3) is 0 Å². The number of hydrogen-bond donors (Lipinski definition) is 1. The highest BCUT2D eigenvalue weighted by Crippen LogP contribution is 2.28. The van der Waals surface area contributed by atoms with Crippen molar-refractivity contribution in [3.05, 3.63) is 35.4 Å². The highest BCUT2D eigenvalue weighted by Gasteiger charge is 2.34. The number of amides is 1. The van der Waals surface area contributed by atoms with Gasteiger partial charge in [-0.1, -0.05) is 0 Å². The van der Waals surface area contributed by atoms with Crippen LogP contribution in [0.15, 0.2) is 18.3 Å². The number of rotatable bonds is 6. The number of nitrogens with one attached hydrogen (secondary N) is 1. The van der Waals surface area contributed by atoms with Crippen LogP contribution in [-0.2, 0) is 24.1 Å². The number of halogens is 3. The molecule has 0 bridgehead atoms. The fourth-order valence-corrected chi connectivity index (χ4v) is 2.09. The topological polar surface area (TPSA) is 64.7 Å². The highest BCUT2D eigenvalue weighted by atomic mass is 19.4. The molecular formula is C14H18F3N5O. The minimum absolute atomic E-state index is 0.233. The van der Waals surface area contributed by atoms with E-state index < -0.39 is 11.9 Å². The van der Waals surface area contributed by atoms with E-state index in [0.717, 1.165) is 16.4 Å². The lowest BCUT2D eigenvalue weighted by molar-refractivity contribution is -0.141. The van der Waals surface area contributed by atoms with Gasteiger partial charge in [-0.2, -0.15) is 23.4 Å². The van der Waals surface area contributed by atoms with Crippen LogP contribution >= 0.6 is 0 Å². The van der Waals surface area contributed by atoms with E-state index in [-0.39, 0.29) is 12.5 Å². The molecule has 126 valence electrons. The molecule has 2 aromatic rings. The van der Waals surface area contributed by atoms with Crippen LogP contribution in [0.3, 0.4) is 0 Å². The van der Waals surface area contributed by atoms with E-state index in [0.29, 0.717) is 25.2 Å². The summed E-state index contributed by atoms with van der Waals surface area (Å²) in [5, 5.41) is 10.2. The molecule has 0 saturated heterocycles. The number of alkyl halides is 3. The van der Waals surface area contributed by atoms with Crippen LogP contribution in [0.4, 0.5) is 13.2 Å². The summed E-state index contributed by atoms with van der Waals surface area (Å²) in [5.41, 5.74) is 0.333. The molecule has 0 spiro atoms. The van der Waals surface area contributed by atoms with Gasteiger partial charge in [-0.05, 0) is 32.4 Å². The van der Waals surface area contributed by atoms with Crippen molar-refractivity contribution in [3.8, 4) is 0 Å². The highest BCUT2D eigenvalue weighted by molar-refractivity contribution is 5.75. The van der Waals surface area contributed by atoms with Crippen molar-refractivity contribution in [2.24, 2.45) is 0 Å². The van der Waals surface area contributed by atoms with Crippen molar-refractivity contribution < 1.29 is 18.0 Å². The minimum atomic E-state index is -4.51. The first kappa shape index (κ1) is 17.0. The second-order valence-corrected chi connectivity index (χ2v) is 5.23. The van der Waals surface area contributed by atoms with Crippen LogP contribution < -0.4 is 5.32 Å². The Hall–Kier alpha value is -2.32. The zero-order valence-corrected chi connectivity index (χ0v) is 12.9. The zero-order chi connectivity index (χ0) is 17.0. The summed E-state index contributed by atoms with van der Waals surface area (Å²) in [6, 6.07) is 2.81. The molecule has 0 aromatic carbocycles. The molecule has 0 unspecified atom stereocenters.